The predicted molar refractivity (Wildman–Crippen MR) is 114 cm³/mol. The van der Waals surface area contributed by atoms with E-state index in [1.807, 2.05) is 0 Å². The van der Waals surface area contributed by atoms with Crippen LogP contribution >= 0.6 is 0 Å². The first-order valence-corrected chi connectivity index (χ1v) is 11.7. The fourth-order valence-corrected chi connectivity index (χ4v) is 4.36. The molecule has 0 aromatic rings. The maximum atomic E-state index is 13.2. The number of amides is 1. The van der Waals surface area contributed by atoms with Crippen molar-refractivity contribution in [3.63, 3.8) is 0 Å². The Bertz CT molecular complexity index is 623. The van der Waals surface area contributed by atoms with E-state index in [2.05, 4.69) is 6.92 Å². The molecule has 0 aromatic carbocycles. The largest absolute Gasteiger partial charge is 0.461 e. The van der Waals surface area contributed by atoms with Gasteiger partial charge in [0.25, 0.3) is 5.91 Å². The number of esters is 2. The zero-order valence-corrected chi connectivity index (χ0v) is 19.3. The molecule has 2 saturated heterocycles. The highest BCUT2D eigenvalue weighted by Crippen LogP contribution is 2.28. The number of nitrogens with zero attached hydrogens (tertiary/aromatic N) is 1. The molecule has 2 N–H and O–H groups in total. The van der Waals surface area contributed by atoms with Crippen LogP contribution in [0.3, 0.4) is 0 Å². The summed E-state index contributed by atoms with van der Waals surface area (Å²) in [5, 5.41) is 20.7. The minimum absolute atomic E-state index is 0.0340. The lowest BCUT2D eigenvalue weighted by Gasteiger charge is -2.34. The number of carbonyl (C=O) groups excluding carboxylic acids is 3. The van der Waals surface area contributed by atoms with Crippen molar-refractivity contribution >= 4 is 17.8 Å². The molecule has 0 saturated carbocycles. The minimum Gasteiger partial charge on any atom is -0.461 e. The topological polar surface area (TPSA) is 113 Å². The Morgan fingerprint density at radius 1 is 1.06 bits per heavy atom. The lowest BCUT2D eigenvalue weighted by Crippen LogP contribution is -2.51. The number of rotatable bonds is 7. The van der Waals surface area contributed by atoms with Crippen LogP contribution in [0.4, 0.5) is 0 Å². The fraction of sp³-hybridized carbons (Fsp3) is 0.870. The van der Waals surface area contributed by atoms with E-state index in [0.717, 1.165) is 32.1 Å². The van der Waals surface area contributed by atoms with Crippen LogP contribution in [0, 0.1) is 11.8 Å². The van der Waals surface area contributed by atoms with Crippen LogP contribution in [-0.2, 0) is 23.9 Å². The number of aliphatic hydroxyl groups is 2. The average molecular weight is 442 g/mol. The van der Waals surface area contributed by atoms with Crippen molar-refractivity contribution in [3.05, 3.63) is 0 Å². The van der Waals surface area contributed by atoms with Gasteiger partial charge in [0.1, 0.15) is 6.10 Å². The van der Waals surface area contributed by atoms with Crippen molar-refractivity contribution in [2.75, 3.05) is 6.54 Å². The van der Waals surface area contributed by atoms with Crippen molar-refractivity contribution in [2.24, 2.45) is 11.8 Å². The Hall–Kier alpha value is -1.67. The van der Waals surface area contributed by atoms with Gasteiger partial charge in [0.15, 0.2) is 6.10 Å². The highest BCUT2D eigenvalue weighted by atomic mass is 16.6. The molecule has 8 heteroatoms. The highest BCUT2D eigenvalue weighted by molar-refractivity contribution is 5.85. The molecule has 178 valence electrons. The van der Waals surface area contributed by atoms with E-state index in [4.69, 9.17) is 9.47 Å². The molecule has 2 unspecified atom stereocenters. The molecule has 0 spiro atoms. The quantitative estimate of drug-likeness (QED) is 0.460. The summed E-state index contributed by atoms with van der Waals surface area (Å²) in [5.74, 6) is -2.63. The molecule has 2 heterocycles. The van der Waals surface area contributed by atoms with Crippen LogP contribution in [-0.4, -0.2) is 70.0 Å². The van der Waals surface area contributed by atoms with Crippen molar-refractivity contribution in [1.82, 2.24) is 4.90 Å². The van der Waals surface area contributed by atoms with Gasteiger partial charge in [0, 0.05) is 6.54 Å². The van der Waals surface area contributed by atoms with Crippen molar-refractivity contribution in [1.29, 1.82) is 0 Å². The van der Waals surface area contributed by atoms with E-state index in [1.54, 1.807) is 20.8 Å². The Morgan fingerprint density at radius 3 is 2.39 bits per heavy atom. The van der Waals surface area contributed by atoms with E-state index < -0.39 is 54.2 Å². The number of carbonyl (C=O) groups is 3. The van der Waals surface area contributed by atoms with Crippen molar-refractivity contribution in [3.8, 4) is 0 Å². The monoisotopic (exact) mass is 441 g/mol. The Morgan fingerprint density at radius 2 is 1.74 bits per heavy atom. The zero-order valence-electron chi connectivity index (χ0n) is 19.3. The average Bonchev–Trinajstić information content (AvgIpc) is 3.10. The lowest BCUT2D eigenvalue weighted by molar-refractivity contribution is -0.176. The van der Waals surface area contributed by atoms with Crippen LogP contribution in [0.15, 0.2) is 0 Å². The number of ether oxygens (including phenoxy) is 2. The van der Waals surface area contributed by atoms with Gasteiger partial charge in [0.05, 0.1) is 30.6 Å². The van der Waals surface area contributed by atoms with Gasteiger partial charge < -0.3 is 24.6 Å². The summed E-state index contributed by atoms with van der Waals surface area (Å²) in [6.45, 7) is 7.39. The molecular formula is C23H39NO7. The third kappa shape index (κ3) is 6.91. The van der Waals surface area contributed by atoms with Gasteiger partial charge in [-0.2, -0.15) is 0 Å². The van der Waals surface area contributed by atoms with Crippen LogP contribution in [0.2, 0.25) is 0 Å². The lowest BCUT2D eigenvalue weighted by atomic mass is 9.97. The van der Waals surface area contributed by atoms with Gasteiger partial charge in [-0.1, -0.05) is 46.5 Å². The summed E-state index contributed by atoms with van der Waals surface area (Å²) in [4.78, 5) is 39.9. The molecule has 2 aliphatic rings. The molecule has 31 heavy (non-hydrogen) atoms. The van der Waals surface area contributed by atoms with E-state index >= 15 is 0 Å². The second-order valence-corrected chi connectivity index (χ2v) is 9.34. The maximum Gasteiger partial charge on any atom is 0.313 e. The van der Waals surface area contributed by atoms with Gasteiger partial charge >= 0.3 is 11.9 Å². The third-order valence-corrected chi connectivity index (χ3v) is 6.32. The first-order chi connectivity index (χ1) is 14.6. The van der Waals surface area contributed by atoms with E-state index in [-0.39, 0.29) is 25.3 Å². The van der Waals surface area contributed by atoms with Crippen LogP contribution in [0.25, 0.3) is 0 Å². The molecule has 6 atom stereocenters. The second-order valence-electron chi connectivity index (χ2n) is 9.34. The molecule has 0 aromatic heterocycles. The summed E-state index contributed by atoms with van der Waals surface area (Å²) in [6.07, 6.45) is 1.89. The Balaban J connectivity index is 2.23. The zero-order chi connectivity index (χ0) is 23.1. The van der Waals surface area contributed by atoms with Gasteiger partial charge in [0.2, 0.25) is 0 Å². The first-order valence-electron chi connectivity index (χ1n) is 11.7. The fourth-order valence-electron chi connectivity index (χ4n) is 4.36. The molecule has 0 radical (unpaired) electrons. The highest BCUT2D eigenvalue weighted by Gasteiger charge is 2.44. The Kier molecular flexibility index (Phi) is 9.75. The molecule has 2 fully saturated rings. The molecule has 2 rings (SSSR count). The number of hydrogen-bond acceptors (Lipinski definition) is 7. The molecule has 0 aliphatic carbocycles. The number of hydrogen-bond donors (Lipinski definition) is 2. The molecule has 8 nitrogen and oxygen atoms in total. The maximum absolute atomic E-state index is 13.2. The summed E-state index contributed by atoms with van der Waals surface area (Å²) >= 11 is 0. The molecule has 0 bridgehead atoms. The SMILES string of the molecule is CCCCCCCC1OC(=O)C[C@@H](O)[C@@H]2C[C@@H](O)CN2C(=O)C(C(C)C)OC(=O)[C@H]1C. The van der Waals surface area contributed by atoms with Crippen LogP contribution in [0.5, 0.6) is 0 Å². The predicted octanol–water partition coefficient (Wildman–Crippen LogP) is 2.19. The third-order valence-electron chi connectivity index (χ3n) is 6.32. The van der Waals surface area contributed by atoms with Crippen LogP contribution in [0.1, 0.15) is 79.1 Å². The van der Waals surface area contributed by atoms with Gasteiger partial charge in [-0.25, -0.2) is 0 Å². The number of cyclic esters (lactones) is 2. The molecule has 2 aliphatic heterocycles. The smallest absolute Gasteiger partial charge is 0.313 e. The number of unbranched alkanes of at least 4 members (excludes halogenated alkanes) is 4. The standard InChI is InChI=1S/C23H39NO7/c1-5-6-7-8-9-10-19-15(4)23(29)31-21(14(2)3)22(28)24-13-16(25)11-17(24)18(26)12-20(27)30-19/h14-19,21,25-26H,5-13H2,1-4H3/t15-,16+,17-,18+,19?,21?/m0/s1. The first kappa shape index (κ1) is 25.6. The van der Waals surface area contributed by atoms with Gasteiger partial charge in [-0.05, 0) is 32.1 Å². The molecule has 1 amide bonds. The summed E-state index contributed by atoms with van der Waals surface area (Å²) in [6, 6.07) is -0.723. The van der Waals surface area contributed by atoms with Gasteiger partial charge in [-0.15, -0.1) is 0 Å². The van der Waals surface area contributed by atoms with E-state index in [1.165, 1.54) is 4.90 Å². The van der Waals surface area contributed by atoms with E-state index in [0.29, 0.717) is 6.42 Å². The second kappa shape index (κ2) is 11.8. The number of aliphatic hydroxyl groups excluding tert-OH is 2. The Labute approximate surface area is 185 Å². The molecular weight excluding hydrogens is 402 g/mol. The minimum atomic E-state index is -1.16. The van der Waals surface area contributed by atoms with E-state index in [9.17, 15) is 24.6 Å². The number of fused-ring (bicyclic) bond motifs is 1. The normalized spacial score (nSPS) is 32.9. The van der Waals surface area contributed by atoms with Crippen molar-refractivity contribution < 1.29 is 34.1 Å². The summed E-state index contributed by atoms with van der Waals surface area (Å²) in [7, 11) is 0. The van der Waals surface area contributed by atoms with Crippen LogP contribution < -0.4 is 0 Å². The summed E-state index contributed by atoms with van der Waals surface area (Å²) < 4.78 is 11.2. The van der Waals surface area contributed by atoms with Crippen molar-refractivity contribution in [2.45, 2.75) is 110 Å². The van der Waals surface area contributed by atoms with Gasteiger partial charge in [-0.3, -0.25) is 14.4 Å². The summed E-state index contributed by atoms with van der Waals surface area (Å²) in [5.41, 5.74) is 0.